The van der Waals surface area contributed by atoms with Gasteiger partial charge in [0.25, 0.3) is 5.78 Å². The molecule has 0 unspecified atom stereocenters. The number of hydrogen-bond acceptors (Lipinski definition) is 4. The molecule has 3 amide bonds. The van der Waals surface area contributed by atoms with E-state index in [-0.39, 0.29) is 11.3 Å². The quantitative estimate of drug-likeness (QED) is 0.601. The van der Waals surface area contributed by atoms with Crippen LogP contribution >= 0.6 is 0 Å². The average Bonchev–Trinajstić information content (AvgIpc) is 2.60. The molecule has 0 saturated heterocycles. The Hall–Kier alpha value is -2.76. The molecular weight excluding hydrogens is 236 g/mol. The van der Waals surface area contributed by atoms with Crippen molar-refractivity contribution in [2.24, 2.45) is 5.73 Å². The van der Waals surface area contributed by atoms with E-state index in [2.05, 4.69) is 0 Å². The molecule has 1 radical (unpaired) electrons. The summed E-state index contributed by atoms with van der Waals surface area (Å²) in [6, 6.07) is 3.51. The molecule has 2 rings (SSSR count). The Morgan fingerprint density at radius 2 is 2.06 bits per heavy atom. The summed E-state index contributed by atoms with van der Waals surface area (Å²) < 4.78 is 0. The van der Waals surface area contributed by atoms with Crippen molar-refractivity contribution in [2.75, 3.05) is 4.90 Å². The maximum Gasteiger partial charge on any atom is 0.326 e. The molecule has 18 heavy (non-hydrogen) atoms. The number of nitrogens with two attached hydrogens (primary N) is 1. The van der Waals surface area contributed by atoms with Crippen molar-refractivity contribution < 1.29 is 19.2 Å². The number of imide groups is 1. The maximum atomic E-state index is 11.8. The summed E-state index contributed by atoms with van der Waals surface area (Å²) in [5.41, 5.74) is 5.60. The second-order valence-corrected chi connectivity index (χ2v) is 3.50. The standard InChI is InChI=1S/C12H7N2O4/c13-12(18)14-8-5-1-3-7(4-2-6-15)9(8)10(16)11(14)17/h1-5H,(H2,13,18)/b4-2+. The normalized spacial score (nSPS) is 14.1. The third kappa shape index (κ3) is 1.60. The summed E-state index contributed by atoms with van der Waals surface area (Å²) in [6.07, 6.45) is 3.94. The predicted molar refractivity (Wildman–Crippen MR) is 62.6 cm³/mol. The number of amides is 3. The number of hydrogen-bond donors (Lipinski definition) is 1. The number of Topliss-reactive ketones (excluding diaryl/α,β-unsaturated/α-hetero) is 1. The molecule has 1 heterocycles. The fourth-order valence-electron chi connectivity index (χ4n) is 1.79. The van der Waals surface area contributed by atoms with E-state index in [4.69, 9.17) is 5.73 Å². The summed E-state index contributed by atoms with van der Waals surface area (Å²) in [5, 5.41) is 0. The molecule has 0 saturated carbocycles. The van der Waals surface area contributed by atoms with Crippen molar-refractivity contribution in [3.8, 4) is 0 Å². The van der Waals surface area contributed by atoms with E-state index < -0.39 is 17.7 Å². The van der Waals surface area contributed by atoms with Crippen LogP contribution in [0.4, 0.5) is 10.5 Å². The summed E-state index contributed by atoms with van der Waals surface area (Å²) in [6.45, 7) is 0. The van der Waals surface area contributed by atoms with Crippen LogP contribution in [0.2, 0.25) is 0 Å². The van der Waals surface area contributed by atoms with Crippen molar-refractivity contribution in [3.63, 3.8) is 0 Å². The molecule has 2 N–H and O–H groups in total. The molecule has 0 fully saturated rings. The number of nitrogens with zero attached hydrogens (tertiary/aromatic N) is 1. The Morgan fingerprint density at radius 3 is 2.67 bits per heavy atom. The molecule has 1 aliphatic rings. The molecule has 0 aliphatic carbocycles. The zero-order valence-corrected chi connectivity index (χ0v) is 9.04. The van der Waals surface area contributed by atoms with E-state index in [1.165, 1.54) is 18.4 Å². The van der Waals surface area contributed by atoms with Gasteiger partial charge in [0, 0.05) is 0 Å². The number of anilines is 1. The van der Waals surface area contributed by atoms with Crippen LogP contribution in [-0.4, -0.2) is 24.0 Å². The van der Waals surface area contributed by atoms with Crippen molar-refractivity contribution in [3.05, 3.63) is 35.4 Å². The molecule has 6 nitrogen and oxygen atoms in total. The smallest absolute Gasteiger partial charge is 0.326 e. The van der Waals surface area contributed by atoms with Crippen LogP contribution in [0.5, 0.6) is 0 Å². The van der Waals surface area contributed by atoms with Gasteiger partial charge in [0.15, 0.2) is 0 Å². The van der Waals surface area contributed by atoms with Gasteiger partial charge in [0.05, 0.1) is 11.3 Å². The highest BCUT2D eigenvalue weighted by Gasteiger charge is 2.39. The van der Waals surface area contributed by atoms with Gasteiger partial charge in [-0.2, -0.15) is 0 Å². The highest BCUT2D eigenvalue weighted by atomic mass is 16.2. The number of ketones is 1. The van der Waals surface area contributed by atoms with Crippen LogP contribution in [0.15, 0.2) is 24.3 Å². The first-order valence-corrected chi connectivity index (χ1v) is 4.93. The Bertz CT molecular complexity index is 604. The van der Waals surface area contributed by atoms with Crippen LogP contribution in [-0.2, 0) is 9.59 Å². The lowest BCUT2D eigenvalue weighted by molar-refractivity contribution is -0.113. The summed E-state index contributed by atoms with van der Waals surface area (Å²) >= 11 is 0. The zero-order chi connectivity index (χ0) is 13.3. The van der Waals surface area contributed by atoms with Gasteiger partial charge in [-0.1, -0.05) is 18.2 Å². The number of carbonyl (C=O) groups is 3. The molecule has 0 bridgehead atoms. The lowest BCUT2D eigenvalue weighted by Crippen LogP contribution is -2.39. The summed E-state index contributed by atoms with van der Waals surface area (Å²) in [5.74, 6) is -1.82. The van der Waals surface area contributed by atoms with E-state index in [0.29, 0.717) is 10.5 Å². The summed E-state index contributed by atoms with van der Waals surface area (Å²) in [7, 11) is 0. The lowest BCUT2D eigenvalue weighted by atomic mass is 10.0. The van der Waals surface area contributed by atoms with E-state index in [1.807, 2.05) is 0 Å². The first-order valence-electron chi connectivity index (χ1n) is 4.93. The molecule has 0 spiro atoms. The molecule has 0 atom stereocenters. The third-order valence-electron chi connectivity index (χ3n) is 2.49. The minimum atomic E-state index is -1.02. The maximum absolute atomic E-state index is 11.8. The van der Waals surface area contributed by atoms with Crippen LogP contribution < -0.4 is 10.6 Å². The number of fused-ring (bicyclic) bond motifs is 1. The molecule has 1 aliphatic heterocycles. The number of carbonyl (C=O) groups excluding carboxylic acids is 4. The van der Waals surface area contributed by atoms with E-state index in [1.54, 1.807) is 12.1 Å². The Kier molecular flexibility index (Phi) is 2.77. The summed E-state index contributed by atoms with van der Waals surface area (Å²) in [4.78, 5) is 45.3. The van der Waals surface area contributed by atoms with Gasteiger partial charge in [0.2, 0.25) is 6.29 Å². The van der Waals surface area contributed by atoms with Crippen LogP contribution in [0.25, 0.3) is 6.08 Å². The van der Waals surface area contributed by atoms with Crippen molar-refractivity contribution in [1.29, 1.82) is 0 Å². The molecule has 1 aromatic carbocycles. The predicted octanol–water partition coefficient (Wildman–Crippen LogP) is 0.417. The third-order valence-corrected chi connectivity index (χ3v) is 2.49. The largest absolute Gasteiger partial charge is 0.351 e. The number of allylic oxidation sites excluding steroid dienone is 1. The van der Waals surface area contributed by atoms with Crippen molar-refractivity contribution in [2.45, 2.75) is 0 Å². The van der Waals surface area contributed by atoms with Crippen molar-refractivity contribution in [1.82, 2.24) is 0 Å². The van der Waals surface area contributed by atoms with Gasteiger partial charge in [-0.25, -0.2) is 9.69 Å². The fourth-order valence-corrected chi connectivity index (χ4v) is 1.79. The van der Waals surface area contributed by atoms with Gasteiger partial charge >= 0.3 is 11.9 Å². The van der Waals surface area contributed by atoms with Gasteiger partial charge < -0.3 is 5.73 Å². The minimum Gasteiger partial charge on any atom is -0.351 e. The number of urea groups is 1. The number of primary amides is 1. The van der Waals surface area contributed by atoms with Crippen LogP contribution in [0.1, 0.15) is 15.9 Å². The average molecular weight is 243 g/mol. The molecule has 89 valence electrons. The zero-order valence-electron chi connectivity index (χ0n) is 9.04. The van der Waals surface area contributed by atoms with Crippen LogP contribution in [0.3, 0.4) is 0 Å². The van der Waals surface area contributed by atoms with Crippen molar-refractivity contribution >= 4 is 35.8 Å². The monoisotopic (exact) mass is 243 g/mol. The van der Waals surface area contributed by atoms with Gasteiger partial charge in [-0.05, 0) is 17.7 Å². The van der Waals surface area contributed by atoms with E-state index in [9.17, 15) is 19.2 Å². The Balaban J connectivity index is 2.65. The highest BCUT2D eigenvalue weighted by molar-refractivity contribution is 6.56. The highest BCUT2D eigenvalue weighted by Crippen LogP contribution is 2.31. The first-order chi connectivity index (χ1) is 8.57. The number of benzene rings is 1. The second kappa shape index (κ2) is 4.25. The SMILES string of the molecule is NC(=O)N1C(=O)C(=O)c2c(/C=C/[C]=O)cccc21. The first kappa shape index (κ1) is 11.7. The topological polar surface area (TPSA) is 97.5 Å². The molecule has 1 aromatic rings. The van der Waals surface area contributed by atoms with Gasteiger partial charge in [-0.15, -0.1) is 0 Å². The second-order valence-electron chi connectivity index (χ2n) is 3.50. The molecule has 0 aromatic heterocycles. The fraction of sp³-hybridized carbons (Fsp3) is 0. The Labute approximate surface area is 102 Å². The molecule has 6 heteroatoms. The number of rotatable bonds is 2. The molecular formula is C12H7N2O4. The minimum absolute atomic E-state index is 0.0628. The van der Waals surface area contributed by atoms with Crippen LogP contribution in [0, 0.1) is 0 Å². The van der Waals surface area contributed by atoms with Gasteiger partial charge in [-0.3, -0.25) is 14.4 Å². The Morgan fingerprint density at radius 1 is 1.33 bits per heavy atom. The van der Waals surface area contributed by atoms with E-state index in [0.717, 1.165) is 6.08 Å². The lowest BCUT2D eigenvalue weighted by Gasteiger charge is -2.10. The van der Waals surface area contributed by atoms with E-state index >= 15 is 0 Å². The van der Waals surface area contributed by atoms with Gasteiger partial charge in [0.1, 0.15) is 0 Å².